The average Bonchev–Trinajstić information content (AvgIpc) is 2.88. The number of likely N-dealkylation sites (tertiary alicyclic amines) is 1. The Morgan fingerprint density at radius 1 is 1.29 bits per heavy atom. The normalized spacial score (nSPS) is 16.6. The lowest BCUT2D eigenvalue weighted by molar-refractivity contribution is 0.331. The van der Waals surface area contributed by atoms with Crippen molar-refractivity contribution in [3.63, 3.8) is 0 Å². The largest absolute Gasteiger partial charge is 0.370 e. The van der Waals surface area contributed by atoms with Crippen LogP contribution in [-0.2, 0) is 13.6 Å². The molecule has 96 valence electrons. The second-order valence-electron chi connectivity index (χ2n) is 4.95. The van der Waals surface area contributed by atoms with Crippen molar-refractivity contribution in [3.05, 3.63) is 11.3 Å². The first-order chi connectivity index (χ1) is 8.22. The van der Waals surface area contributed by atoms with E-state index in [2.05, 4.69) is 29.2 Å². The third-order valence-electron chi connectivity index (χ3n) is 3.47. The van der Waals surface area contributed by atoms with Gasteiger partial charge in [0.15, 0.2) is 0 Å². The topological polar surface area (TPSA) is 33.1 Å². The molecule has 1 saturated heterocycles. The van der Waals surface area contributed by atoms with E-state index in [9.17, 15) is 0 Å². The van der Waals surface area contributed by atoms with E-state index in [4.69, 9.17) is 0 Å². The van der Waals surface area contributed by atoms with Crippen molar-refractivity contribution in [1.82, 2.24) is 14.7 Å². The molecule has 0 amide bonds. The highest BCUT2D eigenvalue weighted by atomic mass is 15.3. The van der Waals surface area contributed by atoms with Gasteiger partial charge in [-0.3, -0.25) is 9.58 Å². The van der Waals surface area contributed by atoms with E-state index in [0.29, 0.717) is 0 Å². The summed E-state index contributed by atoms with van der Waals surface area (Å²) in [5.41, 5.74) is 2.54. The molecule has 17 heavy (non-hydrogen) atoms. The molecule has 1 aliphatic rings. The first-order valence-electron chi connectivity index (χ1n) is 6.71. The zero-order valence-electron chi connectivity index (χ0n) is 11.3. The summed E-state index contributed by atoms with van der Waals surface area (Å²) in [6.07, 6.45) is 3.83. The van der Waals surface area contributed by atoms with Gasteiger partial charge in [0.1, 0.15) is 5.82 Å². The Balaban J connectivity index is 2.12. The van der Waals surface area contributed by atoms with E-state index in [1.54, 1.807) is 0 Å². The molecule has 4 heteroatoms. The van der Waals surface area contributed by atoms with E-state index in [-0.39, 0.29) is 0 Å². The monoisotopic (exact) mass is 236 g/mol. The highest BCUT2D eigenvalue weighted by Crippen LogP contribution is 2.22. The molecular weight excluding hydrogens is 212 g/mol. The van der Waals surface area contributed by atoms with Gasteiger partial charge in [-0.2, -0.15) is 5.10 Å². The maximum absolute atomic E-state index is 4.53. The van der Waals surface area contributed by atoms with Crippen LogP contribution >= 0.6 is 0 Å². The van der Waals surface area contributed by atoms with Crippen LogP contribution in [0, 0.1) is 6.92 Å². The van der Waals surface area contributed by atoms with Gasteiger partial charge in [0, 0.05) is 25.7 Å². The Morgan fingerprint density at radius 2 is 2.00 bits per heavy atom. The SMILES string of the molecule is CCCNc1c(CN2CCCC2)c(C)nn1C. The Kier molecular flexibility index (Phi) is 4.05. The molecular formula is C13H24N4. The standard InChI is InChI=1S/C13H24N4/c1-4-7-14-13-12(11(2)15-16(13)3)10-17-8-5-6-9-17/h14H,4-10H2,1-3H3. The number of anilines is 1. The Morgan fingerprint density at radius 3 is 2.65 bits per heavy atom. The summed E-state index contributed by atoms with van der Waals surface area (Å²) in [6.45, 7) is 8.85. The van der Waals surface area contributed by atoms with Crippen LogP contribution in [0.4, 0.5) is 5.82 Å². The van der Waals surface area contributed by atoms with Crippen LogP contribution < -0.4 is 5.32 Å². The minimum Gasteiger partial charge on any atom is -0.370 e. The summed E-state index contributed by atoms with van der Waals surface area (Å²) in [5.74, 6) is 1.20. The lowest BCUT2D eigenvalue weighted by Crippen LogP contribution is -2.20. The number of aromatic nitrogens is 2. The molecule has 0 aliphatic carbocycles. The summed E-state index contributed by atoms with van der Waals surface area (Å²) in [4.78, 5) is 2.53. The minimum atomic E-state index is 1.02. The molecule has 1 aromatic heterocycles. The number of hydrogen-bond donors (Lipinski definition) is 1. The Bertz CT molecular complexity index is 364. The molecule has 2 rings (SSSR count). The van der Waals surface area contributed by atoms with Gasteiger partial charge in [-0.15, -0.1) is 0 Å². The van der Waals surface area contributed by atoms with Gasteiger partial charge in [-0.1, -0.05) is 6.92 Å². The third-order valence-corrected chi connectivity index (χ3v) is 3.47. The molecule has 1 N–H and O–H groups in total. The number of nitrogens with zero attached hydrogens (tertiary/aromatic N) is 3. The van der Waals surface area contributed by atoms with Gasteiger partial charge < -0.3 is 5.32 Å². The second kappa shape index (κ2) is 5.54. The van der Waals surface area contributed by atoms with Crippen LogP contribution in [0.2, 0.25) is 0 Å². The summed E-state index contributed by atoms with van der Waals surface area (Å²) < 4.78 is 1.98. The smallest absolute Gasteiger partial charge is 0.128 e. The summed E-state index contributed by atoms with van der Waals surface area (Å²) in [6, 6.07) is 0. The van der Waals surface area contributed by atoms with Gasteiger partial charge in [-0.05, 0) is 39.3 Å². The van der Waals surface area contributed by atoms with Crippen molar-refractivity contribution < 1.29 is 0 Å². The van der Waals surface area contributed by atoms with Crippen molar-refractivity contribution in [2.75, 3.05) is 25.0 Å². The van der Waals surface area contributed by atoms with Crippen LogP contribution in [0.15, 0.2) is 0 Å². The molecule has 0 saturated carbocycles. The Hall–Kier alpha value is -1.03. The van der Waals surface area contributed by atoms with Crippen LogP contribution in [0.3, 0.4) is 0 Å². The summed E-state index contributed by atoms with van der Waals surface area (Å²) in [5, 5.41) is 8.03. The number of rotatable bonds is 5. The van der Waals surface area contributed by atoms with E-state index in [0.717, 1.165) is 25.2 Å². The molecule has 2 heterocycles. The fraction of sp³-hybridized carbons (Fsp3) is 0.769. The van der Waals surface area contributed by atoms with E-state index in [1.165, 1.54) is 37.3 Å². The van der Waals surface area contributed by atoms with E-state index < -0.39 is 0 Å². The molecule has 4 nitrogen and oxygen atoms in total. The number of aryl methyl sites for hydroxylation is 2. The van der Waals surface area contributed by atoms with Crippen LogP contribution in [0.5, 0.6) is 0 Å². The maximum atomic E-state index is 4.53. The molecule has 1 aliphatic heterocycles. The molecule has 0 bridgehead atoms. The molecule has 0 radical (unpaired) electrons. The van der Waals surface area contributed by atoms with Crippen molar-refractivity contribution in [3.8, 4) is 0 Å². The lowest BCUT2D eigenvalue weighted by atomic mass is 10.2. The summed E-state index contributed by atoms with van der Waals surface area (Å²) >= 11 is 0. The van der Waals surface area contributed by atoms with Crippen molar-refractivity contribution in [2.24, 2.45) is 7.05 Å². The maximum Gasteiger partial charge on any atom is 0.128 e. The summed E-state index contributed by atoms with van der Waals surface area (Å²) in [7, 11) is 2.03. The second-order valence-corrected chi connectivity index (χ2v) is 4.95. The quantitative estimate of drug-likeness (QED) is 0.850. The lowest BCUT2D eigenvalue weighted by Gasteiger charge is -2.16. The molecule has 0 unspecified atom stereocenters. The number of hydrogen-bond acceptors (Lipinski definition) is 3. The van der Waals surface area contributed by atoms with Crippen molar-refractivity contribution >= 4 is 5.82 Å². The first kappa shape index (κ1) is 12.4. The zero-order valence-corrected chi connectivity index (χ0v) is 11.3. The molecule has 0 atom stereocenters. The average molecular weight is 236 g/mol. The van der Waals surface area contributed by atoms with Crippen molar-refractivity contribution in [1.29, 1.82) is 0 Å². The van der Waals surface area contributed by atoms with Gasteiger partial charge in [-0.25, -0.2) is 0 Å². The first-order valence-corrected chi connectivity index (χ1v) is 6.71. The predicted molar refractivity (Wildman–Crippen MR) is 71.2 cm³/mol. The fourth-order valence-electron chi connectivity index (χ4n) is 2.52. The molecule has 1 aromatic rings. The molecule has 1 fully saturated rings. The van der Waals surface area contributed by atoms with Crippen LogP contribution in [-0.4, -0.2) is 34.3 Å². The van der Waals surface area contributed by atoms with Crippen LogP contribution in [0.25, 0.3) is 0 Å². The molecule has 0 aromatic carbocycles. The van der Waals surface area contributed by atoms with Gasteiger partial charge in [0.25, 0.3) is 0 Å². The Labute approximate surface area is 104 Å². The molecule has 0 spiro atoms. The van der Waals surface area contributed by atoms with E-state index in [1.807, 2.05) is 11.7 Å². The fourth-order valence-corrected chi connectivity index (χ4v) is 2.52. The zero-order chi connectivity index (χ0) is 12.3. The number of nitrogens with one attached hydrogen (secondary N) is 1. The van der Waals surface area contributed by atoms with Gasteiger partial charge in [0.2, 0.25) is 0 Å². The van der Waals surface area contributed by atoms with Crippen LogP contribution in [0.1, 0.15) is 37.4 Å². The van der Waals surface area contributed by atoms with E-state index >= 15 is 0 Å². The predicted octanol–water partition coefficient (Wildman–Crippen LogP) is 2.15. The highest BCUT2D eigenvalue weighted by Gasteiger charge is 2.18. The minimum absolute atomic E-state index is 1.02. The van der Waals surface area contributed by atoms with Crippen molar-refractivity contribution in [2.45, 2.75) is 39.7 Å². The highest BCUT2D eigenvalue weighted by molar-refractivity contribution is 5.47. The van der Waals surface area contributed by atoms with Gasteiger partial charge in [0.05, 0.1) is 5.69 Å². The third kappa shape index (κ3) is 2.80. The van der Waals surface area contributed by atoms with Gasteiger partial charge >= 0.3 is 0 Å².